The number of hydrogen-bond donors (Lipinski definition) is 1. The maximum Gasteiger partial charge on any atom is 0.256 e. The van der Waals surface area contributed by atoms with E-state index in [0.717, 1.165) is 16.7 Å². The Morgan fingerprint density at radius 1 is 1.08 bits per heavy atom. The summed E-state index contributed by atoms with van der Waals surface area (Å²) in [5.74, 6) is 1.33. The number of amides is 1. The monoisotopic (exact) mass is 339 g/mol. The first kappa shape index (κ1) is 16.9. The number of phenols is 1. The molecule has 1 amide bonds. The van der Waals surface area contributed by atoms with Crippen molar-refractivity contribution in [1.82, 2.24) is 0 Å². The van der Waals surface area contributed by atoms with E-state index in [1.165, 1.54) is 0 Å². The molecule has 1 N–H and O–H groups in total. The average molecular weight is 339 g/mol. The number of β-lactam (4-membered cyclic amide) rings is 1. The first-order valence-corrected chi connectivity index (χ1v) is 7.93. The third-order valence-electron chi connectivity index (χ3n) is 4.65. The SMILES string of the molecule is C=C1C(=O)N(c2cc(OC)c(C)c(OC)c2)C1c1ccc(C)c(O)c1. The molecule has 1 unspecified atom stereocenters. The van der Waals surface area contributed by atoms with E-state index >= 15 is 0 Å². The number of benzene rings is 2. The van der Waals surface area contributed by atoms with Crippen molar-refractivity contribution in [1.29, 1.82) is 0 Å². The number of rotatable bonds is 4. The van der Waals surface area contributed by atoms with Crippen LogP contribution in [0.25, 0.3) is 0 Å². The van der Waals surface area contributed by atoms with Gasteiger partial charge in [0.05, 0.1) is 25.9 Å². The predicted molar refractivity (Wildman–Crippen MR) is 96.5 cm³/mol. The van der Waals surface area contributed by atoms with Crippen LogP contribution >= 0.6 is 0 Å². The van der Waals surface area contributed by atoms with Crippen molar-refractivity contribution in [3.05, 3.63) is 59.2 Å². The molecule has 0 spiro atoms. The molecule has 0 radical (unpaired) electrons. The Morgan fingerprint density at radius 2 is 1.68 bits per heavy atom. The molecule has 3 rings (SSSR count). The van der Waals surface area contributed by atoms with Crippen molar-refractivity contribution in [2.24, 2.45) is 0 Å². The van der Waals surface area contributed by atoms with Gasteiger partial charge in [-0.25, -0.2) is 0 Å². The van der Waals surface area contributed by atoms with Gasteiger partial charge in [-0.2, -0.15) is 0 Å². The van der Waals surface area contributed by atoms with E-state index in [0.29, 0.717) is 22.8 Å². The van der Waals surface area contributed by atoms with Crippen LogP contribution in [-0.2, 0) is 4.79 Å². The van der Waals surface area contributed by atoms with Crippen molar-refractivity contribution in [3.8, 4) is 17.2 Å². The highest BCUT2D eigenvalue weighted by molar-refractivity contribution is 6.15. The molecule has 1 fully saturated rings. The van der Waals surface area contributed by atoms with Gasteiger partial charge >= 0.3 is 0 Å². The molecule has 5 nitrogen and oxygen atoms in total. The number of hydrogen-bond acceptors (Lipinski definition) is 4. The third kappa shape index (κ3) is 2.61. The van der Waals surface area contributed by atoms with Crippen LogP contribution in [0.3, 0.4) is 0 Å². The molecule has 0 saturated carbocycles. The lowest BCUT2D eigenvalue weighted by molar-refractivity contribution is -0.118. The Bertz CT molecular complexity index is 847. The average Bonchev–Trinajstić information content (AvgIpc) is 2.61. The molecule has 1 aliphatic heterocycles. The zero-order valence-corrected chi connectivity index (χ0v) is 14.8. The number of ether oxygens (including phenoxy) is 2. The van der Waals surface area contributed by atoms with Crippen LogP contribution < -0.4 is 14.4 Å². The summed E-state index contributed by atoms with van der Waals surface area (Å²) in [6.07, 6.45) is 0. The molecule has 1 saturated heterocycles. The Morgan fingerprint density at radius 3 is 2.20 bits per heavy atom. The van der Waals surface area contributed by atoms with Gasteiger partial charge in [0, 0.05) is 23.3 Å². The highest BCUT2D eigenvalue weighted by atomic mass is 16.5. The van der Waals surface area contributed by atoms with Crippen LogP contribution in [0.15, 0.2) is 42.5 Å². The number of nitrogens with zero attached hydrogens (tertiary/aromatic N) is 1. The lowest BCUT2D eigenvalue weighted by Gasteiger charge is -2.42. The van der Waals surface area contributed by atoms with Crippen molar-refractivity contribution >= 4 is 11.6 Å². The van der Waals surface area contributed by atoms with Gasteiger partial charge in [0.1, 0.15) is 17.2 Å². The summed E-state index contributed by atoms with van der Waals surface area (Å²) < 4.78 is 10.8. The second kappa shape index (κ2) is 6.16. The fourth-order valence-electron chi connectivity index (χ4n) is 3.10. The highest BCUT2D eigenvalue weighted by Crippen LogP contribution is 2.45. The van der Waals surface area contributed by atoms with E-state index in [-0.39, 0.29) is 17.7 Å². The number of carbonyl (C=O) groups excluding carboxylic acids is 1. The number of methoxy groups -OCH3 is 2. The summed E-state index contributed by atoms with van der Waals surface area (Å²) in [4.78, 5) is 14.1. The third-order valence-corrected chi connectivity index (χ3v) is 4.65. The van der Waals surface area contributed by atoms with Crippen LogP contribution in [-0.4, -0.2) is 25.2 Å². The van der Waals surface area contributed by atoms with Gasteiger partial charge in [0.25, 0.3) is 5.91 Å². The summed E-state index contributed by atoms with van der Waals surface area (Å²) >= 11 is 0. The number of aryl methyl sites for hydroxylation is 1. The van der Waals surface area contributed by atoms with Crippen molar-refractivity contribution in [3.63, 3.8) is 0 Å². The van der Waals surface area contributed by atoms with Gasteiger partial charge in [0.15, 0.2) is 0 Å². The van der Waals surface area contributed by atoms with E-state index in [9.17, 15) is 9.90 Å². The summed E-state index contributed by atoms with van der Waals surface area (Å²) in [6, 6.07) is 8.69. The maximum atomic E-state index is 12.5. The summed E-state index contributed by atoms with van der Waals surface area (Å²) in [5.41, 5.74) is 3.62. The Kier molecular flexibility index (Phi) is 4.17. The molecule has 130 valence electrons. The lowest BCUT2D eigenvalue weighted by Crippen LogP contribution is -2.48. The van der Waals surface area contributed by atoms with E-state index in [4.69, 9.17) is 9.47 Å². The summed E-state index contributed by atoms with van der Waals surface area (Å²) in [6.45, 7) is 7.62. The molecule has 25 heavy (non-hydrogen) atoms. The molecular formula is C20H21NO4. The largest absolute Gasteiger partial charge is 0.508 e. The topological polar surface area (TPSA) is 59.0 Å². The van der Waals surface area contributed by atoms with E-state index < -0.39 is 0 Å². The van der Waals surface area contributed by atoms with Gasteiger partial charge in [-0.3, -0.25) is 9.69 Å². The van der Waals surface area contributed by atoms with Crippen molar-refractivity contribution < 1.29 is 19.4 Å². The molecule has 0 bridgehead atoms. The van der Waals surface area contributed by atoms with Gasteiger partial charge < -0.3 is 14.6 Å². The van der Waals surface area contributed by atoms with Crippen LogP contribution in [0.5, 0.6) is 17.2 Å². The number of aromatic hydroxyl groups is 1. The summed E-state index contributed by atoms with van der Waals surface area (Å²) in [5, 5.41) is 10.0. The molecule has 1 atom stereocenters. The molecule has 2 aromatic carbocycles. The normalized spacial score (nSPS) is 16.6. The molecule has 2 aromatic rings. The number of carbonyl (C=O) groups is 1. The molecule has 0 aliphatic carbocycles. The van der Waals surface area contributed by atoms with Crippen molar-refractivity contribution in [2.75, 3.05) is 19.1 Å². The van der Waals surface area contributed by atoms with E-state index in [1.807, 2.05) is 38.1 Å². The Labute approximate surface area is 147 Å². The van der Waals surface area contributed by atoms with Crippen LogP contribution in [0.2, 0.25) is 0 Å². The summed E-state index contributed by atoms with van der Waals surface area (Å²) in [7, 11) is 3.16. The second-order valence-electron chi connectivity index (χ2n) is 6.12. The fraction of sp³-hybridized carbons (Fsp3) is 0.250. The standard InChI is InChI=1S/C20H21NO4/c1-11-6-7-14(8-16(11)22)19-13(3)20(23)21(19)15-9-17(24-4)12(2)18(10-15)25-5/h6-10,19,22H,3H2,1-2,4-5H3. The number of anilines is 1. The predicted octanol–water partition coefficient (Wildman–Crippen LogP) is 3.67. The molecule has 1 heterocycles. The minimum absolute atomic E-state index is 0.155. The lowest BCUT2D eigenvalue weighted by atomic mass is 9.87. The zero-order chi connectivity index (χ0) is 18.3. The van der Waals surface area contributed by atoms with Crippen LogP contribution in [0.1, 0.15) is 22.7 Å². The Hall–Kier alpha value is -2.95. The molecule has 1 aliphatic rings. The van der Waals surface area contributed by atoms with Gasteiger partial charge in [0.2, 0.25) is 0 Å². The number of phenolic OH excluding ortho intramolecular Hbond substituents is 1. The minimum atomic E-state index is -0.323. The molecule has 5 heteroatoms. The van der Waals surface area contributed by atoms with Gasteiger partial charge in [-0.15, -0.1) is 0 Å². The quantitative estimate of drug-likeness (QED) is 0.682. The highest BCUT2D eigenvalue weighted by Gasteiger charge is 2.43. The van der Waals surface area contributed by atoms with E-state index in [2.05, 4.69) is 6.58 Å². The van der Waals surface area contributed by atoms with Gasteiger partial charge in [-0.05, 0) is 31.0 Å². The Balaban J connectivity index is 2.07. The smallest absolute Gasteiger partial charge is 0.256 e. The molecular weight excluding hydrogens is 318 g/mol. The van der Waals surface area contributed by atoms with Gasteiger partial charge in [-0.1, -0.05) is 18.7 Å². The van der Waals surface area contributed by atoms with E-state index in [1.54, 1.807) is 25.2 Å². The molecule has 0 aromatic heterocycles. The first-order chi connectivity index (χ1) is 11.9. The van der Waals surface area contributed by atoms with Crippen LogP contribution in [0, 0.1) is 13.8 Å². The first-order valence-electron chi connectivity index (χ1n) is 7.93. The maximum absolute atomic E-state index is 12.5. The van der Waals surface area contributed by atoms with Crippen LogP contribution in [0.4, 0.5) is 5.69 Å². The zero-order valence-electron chi connectivity index (χ0n) is 14.8. The minimum Gasteiger partial charge on any atom is -0.508 e. The van der Waals surface area contributed by atoms with Crippen molar-refractivity contribution in [2.45, 2.75) is 19.9 Å². The fourth-order valence-corrected chi connectivity index (χ4v) is 3.10. The second-order valence-corrected chi connectivity index (χ2v) is 6.12.